The van der Waals surface area contributed by atoms with Crippen molar-refractivity contribution < 1.29 is 9.53 Å². The molecule has 0 aliphatic heterocycles. The molecule has 3 aromatic heterocycles. The summed E-state index contributed by atoms with van der Waals surface area (Å²) in [4.78, 5) is 12.0. The van der Waals surface area contributed by atoms with Crippen molar-refractivity contribution in [2.45, 2.75) is 38.0 Å². The van der Waals surface area contributed by atoms with Gasteiger partial charge in [-0.1, -0.05) is 11.3 Å². The molecule has 10 heteroatoms. The molecule has 0 saturated heterocycles. The van der Waals surface area contributed by atoms with Crippen LogP contribution in [0.4, 0.5) is 5.13 Å². The molecule has 0 bridgehead atoms. The van der Waals surface area contributed by atoms with E-state index in [4.69, 9.17) is 4.74 Å². The number of hydrogen-bond donors (Lipinski definition) is 1. The highest BCUT2D eigenvalue weighted by atomic mass is 32.1. The van der Waals surface area contributed by atoms with Crippen LogP contribution in [0.5, 0.6) is 5.88 Å². The third kappa shape index (κ3) is 3.58. The molecule has 1 fully saturated rings. The number of aryl methyl sites for hydroxylation is 1. The Labute approximate surface area is 147 Å². The molecule has 4 rings (SSSR count). The lowest BCUT2D eigenvalue weighted by Crippen LogP contribution is -2.11. The fourth-order valence-corrected chi connectivity index (χ4v) is 3.38. The fourth-order valence-electron chi connectivity index (χ4n) is 2.45. The molecule has 0 spiro atoms. The number of hydrogen-bond acceptors (Lipinski definition) is 8. The van der Waals surface area contributed by atoms with Crippen LogP contribution in [-0.2, 0) is 11.2 Å². The average Bonchev–Trinajstić information content (AvgIpc) is 3.24. The smallest absolute Gasteiger partial charge is 0.231 e. The van der Waals surface area contributed by atoms with Gasteiger partial charge >= 0.3 is 0 Å². The van der Waals surface area contributed by atoms with Gasteiger partial charge in [0.05, 0.1) is 7.11 Å². The van der Waals surface area contributed by atoms with E-state index in [1.807, 2.05) is 0 Å². The minimum Gasteiger partial charge on any atom is -0.480 e. The summed E-state index contributed by atoms with van der Waals surface area (Å²) in [5.41, 5.74) is 0.654. The summed E-state index contributed by atoms with van der Waals surface area (Å²) in [5.74, 6) is 1.68. The van der Waals surface area contributed by atoms with Crippen molar-refractivity contribution in [2.75, 3.05) is 12.4 Å². The number of carbonyl (C=O) groups is 1. The molecule has 1 amide bonds. The minimum atomic E-state index is -0.0714. The molecule has 0 unspecified atom stereocenters. The Bertz CT molecular complexity index is 902. The van der Waals surface area contributed by atoms with E-state index in [9.17, 15) is 4.79 Å². The van der Waals surface area contributed by atoms with Crippen LogP contribution in [0.1, 0.15) is 42.4 Å². The minimum absolute atomic E-state index is 0.0714. The number of anilines is 1. The van der Waals surface area contributed by atoms with E-state index in [0.29, 0.717) is 47.7 Å². The summed E-state index contributed by atoms with van der Waals surface area (Å²) in [6.07, 6.45) is 3.95. The molecular formula is C15H17N7O2S. The standard InChI is InChI=1S/C15H17N7O2S/c1-24-13-8-7-11-18-17-10(22(11)21-13)3-2-4-12(23)16-15-20-19-14(25-15)9-5-6-9/h7-9H,2-6H2,1H3,(H,16,20,23). The predicted molar refractivity (Wildman–Crippen MR) is 90.8 cm³/mol. The largest absolute Gasteiger partial charge is 0.480 e. The van der Waals surface area contributed by atoms with Gasteiger partial charge in [-0.25, -0.2) is 0 Å². The molecule has 1 aliphatic rings. The summed E-state index contributed by atoms with van der Waals surface area (Å²) >= 11 is 1.46. The first-order valence-corrected chi connectivity index (χ1v) is 8.93. The van der Waals surface area contributed by atoms with Crippen molar-refractivity contribution in [3.05, 3.63) is 23.0 Å². The van der Waals surface area contributed by atoms with Gasteiger partial charge in [-0.2, -0.15) is 4.52 Å². The maximum absolute atomic E-state index is 12.0. The number of rotatable bonds is 7. The summed E-state index contributed by atoms with van der Waals surface area (Å²) in [5, 5.41) is 25.0. The van der Waals surface area contributed by atoms with Gasteiger partial charge in [-0.3, -0.25) is 4.79 Å². The molecule has 3 heterocycles. The lowest BCUT2D eigenvalue weighted by molar-refractivity contribution is -0.116. The van der Waals surface area contributed by atoms with Gasteiger partial charge in [0.15, 0.2) is 11.5 Å². The van der Waals surface area contributed by atoms with E-state index < -0.39 is 0 Å². The second-order valence-electron chi connectivity index (χ2n) is 5.88. The summed E-state index contributed by atoms with van der Waals surface area (Å²) in [6.45, 7) is 0. The van der Waals surface area contributed by atoms with Gasteiger partial charge in [0.1, 0.15) is 5.01 Å². The van der Waals surface area contributed by atoms with Crippen LogP contribution < -0.4 is 10.1 Å². The first-order chi connectivity index (χ1) is 12.2. The number of amides is 1. The third-order valence-corrected chi connectivity index (χ3v) is 4.93. The molecule has 3 aromatic rings. The fraction of sp³-hybridized carbons (Fsp3) is 0.467. The molecule has 130 valence electrons. The van der Waals surface area contributed by atoms with Gasteiger partial charge in [0.25, 0.3) is 0 Å². The molecule has 1 aliphatic carbocycles. The number of fused-ring (bicyclic) bond motifs is 1. The Kier molecular flexibility index (Phi) is 4.26. The highest BCUT2D eigenvalue weighted by molar-refractivity contribution is 7.15. The van der Waals surface area contributed by atoms with E-state index in [1.165, 1.54) is 24.2 Å². The Balaban J connectivity index is 1.31. The molecule has 0 atom stereocenters. The van der Waals surface area contributed by atoms with Gasteiger partial charge in [-0.05, 0) is 25.3 Å². The number of methoxy groups -OCH3 is 1. The molecule has 1 saturated carbocycles. The van der Waals surface area contributed by atoms with Crippen molar-refractivity contribution in [1.29, 1.82) is 0 Å². The number of nitrogens with one attached hydrogen (secondary N) is 1. The van der Waals surface area contributed by atoms with E-state index >= 15 is 0 Å². The van der Waals surface area contributed by atoms with Crippen LogP contribution in [-0.4, -0.2) is 43.0 Å². The normalized spacial score (nSPS) is 14.0. The van der Waals surface area contributed by atoms with Crippen molar-refractivity contribution in [3.8, 4) is 5.88 Å². The van der Waals surface area contributed by atoms with E-state index in [2.05, 4.69) is 30.8 Å². The van der Waals surface area contributed by atoms with Crippen molar-refractivity contribution in [3.63, 3.8) is 0 Å². The van der Waals surface area contributed by atoms with Crippen molar-refractivity contribution in [1.82, 2.24) is 30.0 Å². The lowest BCUT2D eigenvalue weighted by atomic mass is 10.2. The SMILES string of the molecule is COc1ccc2nnc(CCCC(=O)Nc3nnc(C4CC4)s3)n2n1. The predicted octanol–water partition coefficient (Wildman–Crippen LogP) is 1.82. The maximum Gasteiger partial charge on any atom is 0.231 e. The maximum atomic E-state index is 12.0. The van der Waals surface area contributed by atoms with E-state index in [1.54, 1.807) is 23.8 Å². The highest BCUT2D eigenvalue weighted by Gasteiger charge is 2.27. The van der Waals surface area contributed by atoms with Gasteiger partial charge in [0, 0.05) is 24.8 Å². The monoisotopic (exact) mass is 359 g/mol. The summed E-state index contributed by atoms with van der Waals surface area (Å²) < 4.78 is 6.76. The van der Waals surface area contributed by atoms with Crippen LogP contribution in [0.25, 0.3) is 5.65 Å². The first kappa shape index (κ1) is 15.9. The first-order valence-electron chi connectivity index (χ1n) is 8.11. The molecule has 25 heavy (non-hydrogen) atoms. The quantitative estimate of drug-likeness (QED) is 0.685. The van der Waals surface area contributed by atoms with Crippen LogP contribution in [0.3, 0.4) is 0 Å². The third-order valence-electron chi connectivity index (χ3n) is 3.93. The van der Waals surface area contributed by atoms with Gasteiger partial charge < -0.3 is 10.1 Å². The second kappa shape index (κ2) is 6.71. The number of carbonyl (C=O) groups excluding carboxylic acids is 1. The Morgan fingerprint density at radius 1 is 1.32 bits per heavy atom. The summed E-state index contributed by atoms with van der Waals surface area (Å²) in [6, 6.07) is 3.53. The van der Waals surface area contributed by atoms with Crippen LogP contribution in [0.2, 0.25) is 0 Å². The Morgan fingerprint density at radius 3 is 3.00 bits per heavy atom. The van der Waals surface area contributed by atoms with Crippen LogP contribution in [0, 0.1) is 0 Å². The summed E-state index contributed by atoms with van der Waals surface area (Å²) in [7, 11) is 1.56. The number of nitrogens with zero attached hydrogens (tertiary/aromatic N) is 6. The van der Waals surface area contributed by atoms with Crippen LogP contribution in [0.15, 0.2) is 12.1 Å². The molecular weight excluding hydrogens is 342 g/mol. The molecule has 9 nitrogen and oxygen atoms in total. The molecule has 0 radical (unpaired) electrons. The van der Waals surface area contributed by atoms with Gasteiger partial charge in [0.2, 0.25) is 16.9 Å². The number of ether oxygens (including phenoxy) is 1. The van der Waals surface area contributed by atoms with E-state index in [-0.39, 0.29) is 5.91 Å². The Morgan fingerprint density at radius 2 is 2.20 bits per heavy atom. The van der Waals surface area contributed by atoms with Gasteiger partial charge in [-0.15, -0.1) is 25.5 Å². The average molecular weight is 359 g/mol. The van der Waals surface area contributed by atoms with Crippen LogP contribution >= 0.6 is 11.3 Å². The van der Waals surface area contributed by atoms with Crippen molar-refractivity contribution in [2.24, 2.45) is 0 Å². The topological polar surface area (TPSA) is 107 Å². The molecule has 1 N–H and O–H groups in total. The highest BCUT2D eigenvalue weighted by Crippen LogP contribution is 2.42. The number of aromatic nitrogens is 6. The molecule has 0 aromatic carbocycles. The zero-order chi connectivity index (χ0) is 17.2. The zero-order valence-corrected chi connectivity index (χ0v) is 14.5. The zero-order valence-electron chi connectivity index (χ0n) is 13.7. The second-order valence-corrected chi connectivity index (χ2v) is 6.89. The van der Waals surface area contributed by atoms with E-state index in [0.717, 1.165) is 5.01 Å². The lowest BCUT2D eigenvalue weighted by Gasteiger charge is -2.02. The van der Waals surface area contributed by atoms with Crippen molar-refractivity contribution >= 4 is 28.0 Å². The Hall–Kier alpha value is -2.62.